The lowest BCUT2D eigenvalue weighted by atomic mass is 9.88. The van der Waals surface area contributed by atoms with Crippen molar-refractivity contribution in [2.45, 2.75) is 20.1 Å². The lowest BCUT2D eigenvalue weighted by molar-refractivity contribution is -0.126. The van der Waals surface area contributed by atoms with Crippen LogP contribution in [0.3, 0.4) is 0 Å². The maximum atomic E-state index is 12.3. The minimum atomic E-state index is -2.92. The third-order valence-corrected chi connectivity index (χ3v) is 3.86. The molecule has 1 fully saturated rings. The number of nitrogens with one attached hydrogen (secondary N) is 2. The molecule has 1 aliphatic rings. The fraction of sp³-hybridized carbons (Fsp3) is 0.500. The van der Waals surface area contributed by atoms with Crippen molar-refractivity contribution in [3.63, 3.8) is 0 Å². The monoisotopic (exact) mass is 354 g/mol. The van der Waals surface area contributed by atoms with Crippen molar-refractivity contribution < 1.29 is 18.3 Å². The van der Waals surface area contributed by atoms with Gasteiger partial charge in [-0.25, -0.2) is 0 Å². The maximum Gasteiger partial charge on any atom is 0.387 e. The largest absolute Gasteiger partial charge is 0.434 e. The molecule has 2 N–H and O–H groups in total. The van der Waals surface area contributed by atoms with Gasteiger partial charge in [0.25, 0.3) is 0 Å². The minimum absolute atomic E-state index is 0. The summed E-state index contributed by atoms with van der Waals surface area (Å²) in [4.78, 5) is 12.0. The molecule has 124 valence electrons. The van der Waals surface area contributed by atoms with E-state index in [0.29, 0.717) is 16.5 Å². The number of ether oxygens (including phenoxy) is 1. The lowest BCUT2D eigenvalue weighted by Gasteiger charge is -2.31. The van der Waals surface area contributed by atoms with Crippen LogP contribution in [0.25, 0.3) is 0 Å². The summed E-state index contributed by atoms with van der Waals surface area (Å²) in [5, 5.41) is 6.25. The molecule has 0 aromatic heterocycles. The van der Waals surface area contributed by atoms with Crippen molar-refractivity contribution in [1.29, 1.82) is 0 Å². The highest BCUT2D eigenvalue weighted by molar-refractivity contribution is 6.30. The van der Waals surface area contributed by atoms with Gasteiger partial charge in [-0.15, -0.1) is 12.4 Å². The average Bonchev–Trinajstić information content (AvgIpc) is 2.36. The Hall–Kier alpha value is -1.11. The zero-order chi connectivity index (χ0) is 15.4. The van der Waals surface area contributed by atoms with Crippen LogP contribution in [0, 0.1) is 11.8 Å². The average molecular weight is 355 g/mol. The van der Waals surface area contributed by atoms with Crippen LogP contribution < -0.4 is 15.4 Å². The van der Waals surface area contributed by atoms with Crippen LogP contribution in [-0.4, -0.2) is 25.6 Å². The van der Waals surface area contributed by atoms with Crippen molar-refractivity contribution in [2.24, 2.45) is 11.8 Å². The Balaban J connectivity index is 0.00000242. The van der Waals surface area contributed by atoms with E-state index in [4.69, 9.17) is 11.6 Å². The van der Waals surface area contributed by atoms with Crippen molar-refractivity contribution in [1.82, 2.24) is 10.6 Å². The predicted octanol–water partition coefficient (Wildman–Crippen LogP) is 2.83. The van der Waals surface area contributed by atoms with E-state index < -0.39 is 6.61 Å². The molecule has 1 saturated heterocycles. The Morgan fingerprint density at radius 2 is 2.18 bits per heavy atom. The molecule has 0 spiro atoms. The first-order valence-corrected chi connectivity index (χ1v) is 7.07. The fourth-order valence-electron chi connectivity index (χ4n) is 2.12. The van der Waals surface area contributed by atoms with E-state index in [2.05, 4.69) is 15.4 Å². The summed E-state index contributed by atoms with van der Waals surface area (Å²) in [6.07, 6.45) is 0. The van der Waals surface area contributed by atoms with E-state index in [9.17, 15) is 13.6 Å². The molecule has 1 aliphatic heterocycles. The molecule has 0 bridgehead atoms. The van der Waals surface area contributed by atoms with Crippen molar-refractivity contribution >= 4 is 29.9 Å². The van der Waals surface area contributed by atoms with Gasteiger partial charge in [0, 0.05) is 23.0 Å². The van der Waals surface area contributed by atoms with Gasteiger partial charge >= 0.3 is 6.61 Å². The predicted molar refractivity (Wildman–Crippen MR) is 82.7 cm³/mol. The zero-order valence-electron chi connectivity index (χ0n) is 11.9. The van der Waals surface area contributed by atoms with E-state index in [0.717, 1.165) is 13.1 Å². The topological polar surface area (TPSA) is 50.4 Å². The van der Waals surface area contributed by atoms with Crippen molar-refractivity contribution in [2.75, 3.05) is 13.1 Å². The number of benzene rings is 1. The fourth-order valence-corrected chi connectivity index (χ4v) is 2.31. The Bertz CT molecular complexity index is 514. The van der Waals surface area contributed by atoms with Gasteiger partial charge in [0.2, 0.25) is 5.91 Å². The molecule has 22 heavy (non-hydrogen) atoms. The summed E-state index contributed by atoms with van der Waals surface area (Å²) in [6, 6.07) is 4.34. The van der Waals surface area contributed by atoms with Gasteiger partial charge in [-0.1, -0.05) is 18.5 Å². The molecule has 2 rings (SSSR count). The van der Waals surface area contributed by atoms with Crippen LogP contribution in [0.1, 0.15) is 12.5 Å². The van der Waals surface area contributed by atoms with E-state index in [-0.39, 0.29) is 36.5 Å². The van der Waals surface area contributed by atoms with E-state index >= 15 is 0 Å². The number of carbonyl (C=O) groups excluding carboxylic acids is 1. The maximum absolute atomic E-state index is 12.3. The van der Waals surface area contributed by atoms with Gasteiger partial charge in [-0.2, -0.15) is 8.78 Å². The van der Waals surface area contributed by atoms with Crippen LogP contribution in [0.4, 0.5) is 8.78 Å². The molecule has 1 aromatic carbocycles. The van der Waals surface area contributed by atoms with E-state index in [1.165, 1.54) is 18.2 Å². The lowest BCUT2D eigenvalue weighted by Crippen LogP contribution is -2.49. The molecular formula is C14H18Cl2F2N2O2. The third-order valence-electron chi connectivity index (χ3n) is 3.63. The van der Waals surface area contributed by atoms with Crippen LogP contribution in [0.2, 0.25) is 5.02 Å². The molecule has 0 saturated carbocycles. The van der Waals surface area contributed by atoms with E-state index in [1.54, 1.807) is 0 Å². The molecule has 1 atom stereocenters. The second kappa shape index (κ2) is 8.50. The molecule has 1 unspecified atom stereocenters. The van der Waals surface area contributed by atoms with Gasteiger partial charge in [0.15, 0.2) is 0 Å². The Morgan fingerprint density at radius 1 is 1.50 bits per heavy atom. The Morgan fingerprint density at radius 3 is 2.73 bits per heavy atom. The Labute approximate surface area is 139 Å². The standard InChI is InChI=1S/C14H17ClF2N2O2.ClH/c1-8(10-5-18-6-10)13(20)19-7-9-4-11(15)2-3-12(9)21-14(16)17;/h2-4,8,10,14,18H,5-7H2,1H3,(H,19,20);1H. The second-order valence-electron chi connectivity index (χ2n) is 5.06. The molecule has 0 aliphatic carbocycles. The normalized spacial score (nSPS) is 15.7. The van der Waals surface area contributed by atoms with Gasteiger partial charge in [0.05, 0.1) is 0 Å². The molecule has 8 heteroatoms. The number of alkyl halides is 2. The minimum Gasteiger partial charge on any atom is -0.434 e. The van der Waals surface area contributed by atoms with Crippen LogP contribution in [0.5, 0.6) is 5.75 Å². The first-order valence-electron chi connectivity index (χ1n) is 6.69. The SMILES string of the molecule is CC(C(=O)NCc1cc(Cl)ccc1OC(F)F)C1CNC1.Cl. The van der Waals surface area contributed by atoms with Crippen molar-refractivity contribution in [3.8, 4) is 5.75 Å². The van der Waals surface area contributed by atoms with Crippen molar-refractivity contribution in [3.05, 3.63) is 28.8 Å². The van der Waals surface area contributed by atoms with Crippen LogP contribution in [0.15, 0.2) is 18.2 Å². The van der Waals surface area contributed by atoms with Gasteiger partial charge < -0.3 is 15.4 Å². The number of carbonyl (C=O) groups is 1. The summed E-state index contributed by atoms with van der Waals surface area (Å²) < 4.78 is 29.1. The third kappa shape index (κ3) is 4.97. The summed E-state index contributed by atoms with van der Waals surface area (Å²) >= 11 is 5.85. The second-order valence-corrected chi connectivity index (χ2v) is 5.49. The highest BCUT2D eigenvalue weighted by Gasteiger charge is 2.28. The number of hydrogen-bond donors (Lipinski definition) is 2. The van der Waals surface area contributed by atoms with Gasteiger partial charge in [-0.3, -0.25) is 4.79 Å². The summed E-state index contributed by atoms with van der Waals surface area (Å²) in [6.45, 7) is 0.693. The first kappa shape index (κ1) is 18.9. The smallest absolute Gasteiger partial charge is 0.387 e. The first-order chi connectivity index (χ1) is 9.97. The number of rotatable bonds is 6. The highest BCUT2D eigenvalue weighted by Crippen LogP contribution is 2.25. The molecule has 1 heterocycles. The Kier molecular flexibility index (Phi) is 7.32. The highest BCUT2D eigenvalue weighted by atomic mass is 35.5. The quantitative estimate of drug-likeness (QED) is 0.825. The summed E-state index contributed by atoms with van der Waals surface area (Å²) in [5.41, 5.74) is 0.426. The van der Waals surface area contributed by atoms with Gasteiger partial charge in [0.1, 0.15) is 5.75 Å². The molecule has 1 aromatic rings. The van der Waals surface area contributed by atoms with E-state index in [1.807, 2.05) is 6.92 Å². The van der Waals surface area contributed by atoms with Crippen LogP contribution >= 0.6 is 24.0 Å². The van der Waals surface area contributed by atoms with Gasteiger partial charge in [-0.05, 0) is 37.2 Å². The number of amides is 1. The number of hydrogen-bond acceptors (Lipinski definition) is 3. The molecule has 1 amide bonds. The van der Waals surface area contributed by atoms with Crippen LogP contribution in [-0.2, 0) is 11.3 Å². The summed E-state index contributed by atoms with van der Waals surface area (Å²) in [5.74, 6) is 0.114. The number of halogens is 4. The zero-order valence-corrected chi connectivity index (χ0v) is 13.5. The molecule has 0 radical (unpaired) electrons. The molecular weight excluding hydrogens is 337 g/mol. The molecule has 4 nitrogen and oxygen atoms in total. The summed E-state index contributed by atoms with van der Waals surface area (Å²) in [7, 11) is 0.